The van der Waals surface area contributed by atoms with Gasteiger partial charge in [0.25, 0.3) is 5.91 Å². The van der Waals surface area contributed by atoms with Crippen LogP contribution in [0.5, 0.6) is 0 Å². The first-order chi connectivity index (χ1) is 14.0. The predicted molar refractivity (Wildman–Crippen MR) is 112 cm³/mol. The van der Waals surface area contributed by atoms with Crippen molar-refractivity contribution in [2.45, 2.75) is 19.4 Å². The highest BCUT2D eigenvalue weighted by Gasteiger charge is 2.35. The van der Waals surface area contributed by atoms with Gasteiger partial charge in [0.1, 0.15) is 11.7 Å². The molecule has 0 fully saturated rings. The normalized spacial score (nSPS) is 16.5. The van der Waals surface area contributed by atoms with E-state index in [0.717, 1.165) is 26.3 Å². The third kappa shape index (κ3) is 3.78. The van der Waals surface area contributed by atoms with Gasteiger partial charge in [-0.3, -0.25) is 9.59 Å². The number of carbonyl (C=O) groups is 2. The molecule has 1 atom stereocenters. The summed E-state index contributed by atoms with van der Waals surface area (Å²) in [5.41, 5.74) is 3.03. The average Bonchev–Trinajstić information content (AvgIpc) is 3.26. The molecular formula is C21H23N3O4S. The zero-order valence-electron chi connectivity index (χ0n) is 16.0. The van der Waals surface area contributed by atoms with Crippen molar-refractivity contribution >= 4 is 39.1 Å². The van der Waals surface area contributed by atoms with Crippen molar-refractivity contribution in [2.75, 3.05) is 24.7 Å². The number of amides is 2. The van der Waals surface area contributed by atoms with E-state index in [1.807, 2.05) is 37.3 Å². The molecule has 2 aromatic heterocycles. The van der Waals surface area contributed by atoms with E-state index in [2.05, 4.69) is 10.3 Å². The molecule has 0 saturated heterocycles. The Morgan fingerprint density at radius 3 is 2.79 bits per heavy atom. The summed E-state index contributed by atoms with van der Waals surface area (Å²) in [5, 5.41) is 21.7. The number of H-pyrrole nitrogens is 1. The quantitative estimate of drug-likeness (QED) is 0.495. The minimum Gasteiger partial charge on any atom is -0.396 e. The van der Waals surface area contributed by atoms with Crippen LogP contribution >= 0.6 is 11.3 Å². The first kappa shape index (κ1) is 19.6. The second-order valence-corrected chi connectivity index (χ2v) is 8.64. The number of carbonyl (C=O) groups excluding carboxylic acids is 2. The van der Waals surface area contributed by atoms with Gasteiger partial charge < -0.3 is 25.4 Å². The summed E-state index contributed by atoms with van der Waals surface area (Å²) in [7, 11) is 0. The topological polar surface area (TPSA) is 106 Å². The molecule has 29 heavy (non-hydrogen) atoms. The molecule has 1 aromatic carbocycles. The van der Waals surface area contributed by atoms with Gasteiger partial charge in [-0.2, -0.15) is 0 Å². The Hall–Kier alpha value is -2.68. The second kappa shape index (κ2) is 7.98. The molecule has 0 bridgehead atoms. The zero-order chi connectivity index (χ0) is 20.5. The van der Waals surface area contributed by atoms with Crippen molar-refractivity contribution in [2.24, 2.45) is 5.92 Å². The summed E-state index contributed by atoms with van der Waals surface area (Å²) >= 11 is 1.61. The molecule has 4 N–H and O–H groups in total. The van der Waals surface area contributed by atoms with Gasteiger partial charge in [0, 0.05) is 42.7 Å². The van der Waals surface area contributed by atoms with Crippen LogP contribution in [0.25, 0.3) is 10.2 Å². The van der Waals surface area contributed by atoms with Crippen LogP contribution in [0.15, 0.2) is 36.4 Å². The van der Waals surface area contributed by atoms with Crippen molar-refractivity contribution in [3.8, 4) is 0 Å². The molecular weight excluding hydrogens is 390 g/mol. The minimum atomic E-state index is -0.710. The number of hydrogen-bond donors (Lipinski definition) is 4. The number of benzene rings is 1. The number of rotatable bonds is 6. The first-order valence-electron chi connectivity index (χ1n) is 9.51. The second-order valence-electron chi connectivity index (χ2n) is 7.36. The number of aromatic amines is 1. The zero-order valence-corrected chi connectivity index (χ0v) is 16.8. The van der Waals surface area contributed by atoms with Crippen LogP contribution in [0.1, 0.15) is 20.9 Å². The van der Waals surface area contributed by atoms with Gasteiger partial charge in [-0.1, -0.05) is 18.2 Å². The molecule has 4 rings (SSSR count). The number of para-hydroxylation sites is 1. The number of nitrogens with zero attached hydrogens (tertiary/aromatic N) is 1. The van der Waals surface area contributed by atoms with Crippen molar-refractivity contribution in [3.05, 3.63) is 52.5 Å². The van der Waals surface area contributed by atoms with Crippen LogP contribution in [0.4, 0.5) is 5.69 Å². The van der Waals surface area contributed by atoms with Crippen molar-refractivity contribution in [1.82, 2.24) is 10.3 Å². The number of aromatic nitrogens is 1. The van der Waals surface area contributed by atoms with Gasteiger partial charge in [-0.25, -0.2) is 0 Å². The third-order valence-corrected chi connectivity index (χ3v) is 6.20. The number of aliphatic hydroxyl groups is 2. The fourth-order valence-corrected chi connectivity index (χ4v) is 4.62. The summed E-state index contributed by atoms with van der Waals surface area (Å²) in [4.78, 5) is 31.7. The molecule has 0 aliphatic carbocycles. The lowest BCUT2D eigenvalue weighted by molar-refractivity contribution is -0.121. The van der Waals surface area contributed by atoms with Gasteiger partial charge in [0.2, 0.25) is 5.91 Å². The Morgan fingerprint density at radius 1 is 1.31 bits per heavy atom. The maximum Gasteiger partial charge on any atom is 0.268 e. The molecule has 1 aliphatic rings. The lowest BCUT2D eigenvalue weighted by Crippen LogP contribution is -2.54. The minimum absolute atomic E-state index is 0.187. The standard InChI is InChI=1S/C21H23N3O4S/c1-12-6-15-19(29-12)8-16(22-15)20(27)23-17-7-14-4-2-3-5-18(14)24(21(17)28)9-13(10-25)11-26/h2-6,8,13,17,22,25-26H,7,9-11H2,1H3,(H,23,27). The number of aliphatic hydroxyl groups excluding tert-OH is 2. The van der Waals surface area contributed by atoms with Crippen LogP contribution in [0, 0.1) is 12.8 Å². The van der Waals surface area contributed by atoms with E-state index in [9.17, 15) is 19.8 Å². The summed E-state index contributed by atoms with van der Waals surface area (Å²) in [6.45, 7) is 1.75. The maximum absolute atomic E-state index is 13.1. The molecule has 8 heteroatoms. The van der Waals surface area contributed by atoms with Gasteiger partial charge in [0.15, 0.2) is 0 Å². The molecule has 1 aliphatic heterocycles. The van der Waals surface area contributed by atoms with E-state index >= 15 is 0 Å². The van der Waals surface area contributed by atoms with E-state index in [4.69, 9.17) is 0 Å². The van der Waals surface area contributed by atoms with E-state index in [0.29, 0.717) is 12.1 Å². The molecule has 0 radical (unpaired) electrons. The number of hydrogen-bond acceptors (Lipinski definition) is 5. The lowest BCUT2D eigenvalue weighted by Gasteiger charge is -2.36. The van der Waals surface area contributed by atoms with E-state index < -0.39 is 12.0 Å². The molecule has 3 heterocycles. The van der Waals surface area contributed by atoms with Crippen LogP contribution in [-0.2, 0) is 11.2 Å². The van der Waals surface area contributed by atoms with Gasteiger partial charge >= 0.3 is 0 Å². The fraction of sp³-hybridized carbons (Fsp3) is 0.333. The predicted octanol–water partition coefficient (Wildman–Crippen LogP) is 1.83. The fourth-order valence-electron chi connectivity index (χ4n) is 3.70. The SMILES string of the molecule is Cc1cc2[nH]c(C(=O)NC3Cc4ccccc4N(CC(CO)CO)C3=O)cc2s1. The van der Waals surface area contributed by atoms with E-state index in [1.54, 1.807) is 22.3 Å². The summed E-state index contributed by atoms with van der Waals surface area (Å²) in [6.07, 6.45) is 0.397. The molecule has 3 aromatic rings. The van der Waals surface area contributed by atoms with Gasteiger partial charge in [0.05, 0.1) is 10.2 Å². The van der Waals surface area contributed by atoms with Crippen LogP contribution in [0.2, 0.25) is 0 Å². The molecule has 152 valence electrons. The molecule has 0 saturated carbocycles. The number of nitrogens with one attached hydrogen (secondary N) is 2. The lowest BCUT2D eigenvalue weighted by atomic mass is 9.95. The van der Waals surface area contributed by atoms with Crippen LogP contribution in [-0.4, -0.2) is 52.8 Å². The molecule has 0 spiro atoms. The summed E-state index contributed by atoms with van der Waals surface area (Å²) in [5.74, 6) is -1.02. The molecule has 7 nitrogen and oxygen atoms in total. The monoisotopic (exact) mass is 413 g/mol. The summed E-state index contributed by atoms with van der Waals surface area (Å²) < 4.78 is 1.00. The Kier molecular flexibility index (Phi) is 5.40. The Balaban J connectivity index is 1.57. The Bertz CT molecular complexity index is 1020. The van der Waals surface area contributed by atoms with Crippen molar-refractivity contribution in [1.29, 1.82) is 0 Å². The average molecular weight is 413 g/mol. The Morgan fingerprint density at radius 2 is 2.07 bits per heavy atom. The number of aryl methyl sites for hydroxylation is 1. The molecule has 1 unspecified atom stereocenters. The highest BCUT2D eigenvalue weighted by atomic mass is 32.1. The highest BCUT2D eigenvalue weighted by molar-refractivity contribution is 7.19. The van der Waals surface area contributed by atoms with Gasteiger partial charge in [-0.15, -0.1) is 11.3 Å². The van der Waals surface area contributed by atoms with E-state index in [1.165, 1.54) is 0 Å². The van der Waals surface area contributed by atoms with Crippen molar-refractivity contribution < 1.29 is 19.8 Å². The van der Waals surface area contributed by atoms with Gasteiger partial charge in [-0.05, 0) is 30.7 Å². The van der Waals surface area contributed by atoms with E-state index in [-0.39, 0.29) is 31.6 Å². The third-order valence-electron chi connectivity index (χ3n) is 5.21. The van der Waals surface area contributed by atoms with Crippen LogP contribution < -0.4 is 10.2 Å². The largest absolute Gasteiger partial charge is 0.396 e. The first-order valence-corrected chi connectivity index (χ1v) is 10.3. The summed E-state index contributed by atoms with van der Waals surface area (Å²) in [6, 6.07) is 10.6. The number of anilines is 1. The number of thiophene rings is 1. The molecule has 2 amide bonds. The number of fused-ring (bicyclic) bond motifs is 2. The highest BCUT2D eigenvalue weighted by Crippen LogP contribution is 2.29. The Labute approximate surface area is 172 Å². The van der Waals surface area contributed by atoms with Crippen molar-refractivity contribution in [3.63, 3.8) is 0 Å². The maximum atomic E-state index is 13.1. The smallest absolute Gasteiger partial charge is 0.268 e. The van der Waals surface area contributed by atoms with Crippen LogP contribution in [0.3, 0.4) is 0 Å².